The number of amides is 1. The van der Waals surface area contributed by atoms with Gasteiger partial charge in [0.05, 0.1) is 18.8 Å². The van der Waals surface area contributed by atoms with Gasteiger partial charge in [0, 0.05) is 26.7 Å². The van der Waals surface area contributed by atoms with Gasteiger partial charge in [-0.2, -0.15) is 0 Å². The monoisotopic (exact) mass is 333 g/mol. The Bertz CT molecular complexity index is 545. The number of piperidine rings is 1. The van der Waals surface area contributed by atoms with Crippen molar-refractivity contribution in [1.82, 2.24) is 4.90 Å². The Labute approximate surface area is 143 Å². The summed E-state index contributed by atoms with van der Waals surface area (Å²) in [5, 5.41) is 0. The molecule has 132 valence electrons. The smallest absolute Gasteiger partial charge is 0.223 e. The van der Waals surface area contributed by atoms with Crippen LogP contribution >= 0.6 is 0 Å². The minimum atomic E-state index is 0.0400. The second-order valence-electron chi connectivity index (χ2n) is 6.42. The van der Waals surface area contributed by atoms with Gasteiger partial charge in [-0.3, -0.25) is 4.79 Å². The molecule has 2 aliphatic rings. The maximum Gasteiger partial charge on any atom is 0.223 e. The number of aryl methyl sites for hydroxylation is 1. The summed E-state index contributed by atoms with van der Waals surface area (Å²) in [5.41, 5.74) is 1.16. The molecule has 5 heteroatoms. The van der Waals surface area contributed by atoms with Gasteiger partial charge in [-0.25, -0.2) is 0 Å². The lowest BCUT2D eigenvalue weighted by Crippen LogP contribution is -2.55. The van der Waals surface area contributed by atoms with Gasteiger partial charge in [-0.05, 0) is 43.9 Å². The first-order chi connectivity index (χ1) is 11.7. The fraction of sp³-hybridized carbons (Fsp3) is 0.632. The van der Waals surface area contributed by atoms with Crippen molar-refractivity contribution in [2.45, 2.75) is 50.9 Å². The van der Waals surface area contributed by atoms with Gasteiger partial charge >= 0.3 is 0 Å². The second kappa shape index (κ2) is 7.99. The van der Waals surface area contributed by atoms with E-state index in [2.05, 4.69) is 0 Å². The molecule has 3 rings (SSSR count). The number of nitrogens with zero attached hydrogens (tertiary/aromatic N) is 1. The van der Waals surface area contributed by atoms with E-state index in [4.69, 9.17) is 14.2 Å². The van der Waals surface area contributed by atoms with Crippen LogP contribution in [0.15, 0.2) is 24.3 Å². The summed E-state index contributed by atoms with van der Waals surface area (Å²) in [7, 11) is 1.73. The lowest BCUT2D eigenvalue weighted by atomic mass is 9.95. The molecule has 0 aromatic heterocycles. The van der Waals surface area contributed by atoms with Gasteiger partial charge in [0.1, 0.15) is 11.9 Å². The minimum absolute atomic E-state index is 0.0400. The fourth-order valence-electron chi connectivity index (χ4n) is 3.76. The number of benzene rings is 1. The normalized spacial score (nSPS) is 26.2. The molecule has 0 bridgehead atoms. The topological polar surface area (TPSA) is 48.0 Å². The van der Waals surface area contributed by atoms with Crippen molar-refractivity contribution in [3.63, 3.8) is 0 Å². The molecule has 1 aromatic rings. The van der Waals surface area contributed by atoms with Crippen molar-refractivity contribution in [2.75, 3.05) is 26.9 Å². The predicted molar refractivity (Wildman–Crippen MR) is 91.2 cm³/mol. The standard InChI is InChI=1S/C19H27NO4/c1-3-23-15-7-4-14(5-8-15)6-9-18(21)20-12-10-17(22-2)19-16(20)11-13-24-19/h4-5,7-8,16-17,19H,3,6,9-13H2,1-2H3/t16-,17-,19-/m1/s1. The third-order valence-electron chi connectivity index (χ3n) is 5.01. The van der Waals surface area contributed by atoms with E-state index in [0.29, 0.717) is 13.0 Å². The van der Waals surface area contributed by atoms with E-state index < -0.39 is 0 Å². The zero-order valence-corrected chi connectivity index (χ0v) is 14.6. The predicted octanol–water partition coefficient (Wildman–Crippen LogP) is 2.42. The van der Waals surface area contributed by atoms with Gasteiger partial charge in [-0.15, -0.1) is 0 Å². The molecule has 0 spiro atoms. The Hall–Kier alpha value is -1.59. The number of ether oxygens (including phenoxy) is 3. The summed E-state index contributed by atoms with van der Waals surface area (Å²) in [6.07, 6.45) is 3.22. The molecule has 0 unspecified atom stereocenters. The van der Waals surface area contributed by atoms with Crippen LogP contribution in [0.1, 0.15) is 31.7 Å². The maximum absolute atomic E-state index is 12.7. The Balaban J connectivity index is 1.55. The van der Waals surface area contributed by atoms with Crippen molar-refractivity contribution < 1.29 is 19.0 Å². The Morgan fingerprint density at radius 1 is 1.29 bits per heavy atom. The molecule has 1 amide bonds. The fourth-order valence-corrected chi connectivity index (χ4v) is 3.76. The van der Waals surface area contributed by atoms with Crippen LogP contribution in [-0.4, -0.2) is 55.9 Å². The van der Waals surface area contributed by atoms with Gasteiger partial charge in [0.25, 0.3) is 0 Å². The molecule has 0 radical (unpaired) electrons. The van der Waals surface area contributed by atoms with Crippen LogP contribution in [0.4, 0.5) is 0 Å². The van der Waals surface area contributed by atoms with Crippen molar-refractivity contribution in [3.05, 3.63) is 29.8 Å². The molecule has 2 fully saturated rings. The SMILES string of the molecule is CCOc1ccc(CCC(=O)N2CC[C@@H](OC)[C@@H]3OCC[C@H]32)cc1. The van der Waals surface area contributed by atoms with E-state index in [1.165, 1.54) is 0 Å². The lowest BCUT2D eigenvalue weighted by Gasteiger charge is -2.40. The average Bonchev–Trinajstić information content (AvgIpc) is 3.10. The van der Waals surface area contributed by atoms with Crippen LogP contribution in [0.5, 0.6) is 5.75 Å². The van der Waals surface area contributed by atoms with Crippen molar-refractivity contribution >= 4 is 5.91 Å². The number of rotatable bonds is 6. The number of carbonyl (C=O) groups excluding carboxylic acids is 1. The molecule has 0 N–H and O–H groups in total. The average molecular weight is 333 g/mol. The summed E-state index contributed by atoms with van der Waals surface area (Å²) in [6.45, 7) is 4.13. The minimum Gasteiger partial charge on any atom is -0.494 e. The first-order valence-corrected chi connectivity index (χ1v) is 8.88. The van der Waals surface area contributed by atoms with E-state index in [1.807, 2.05) is 36.1 Å². The first-order valence-electron chi connectivity index (χ1n) is 8.88. The molecule has 2 heterocycles. The summed E-state index contributed by atoms with van der Waals surface area (Å²) < 4.78 is 16.8. The molecule has 0 aliphatic carbocycles. The summed E-state index contributed by atoms with van der Waals surface area (Å²) in [5.74, 6) is 1.10. The zero-order valence-electron chi connectivity index (χ0n) is 14.6. The van der Waals surface area contributed by atoms with E-state index in [1.54, 1.807) is 7.11 Å². The summed E-state index contributed by atoms with van der Waals surface area (Å²) in [4.78, 5) is 14.7. The van der Waals surface area contributed by atoms with Gasteiger partial charge in [0.2, 0.25) is 5.91 Å². The highest BCUT2D eigenvalue weighted by molar-refractivity contribution is 5.77. The maximum atomic E-state index is 12.7. The summed E-state index contributed by atoms with van der Waals surface area (Å²) in [6, 6.07) is 8.19. The zero-order chi connectivity index (χ0) is 16.9. The second-order valence-corrected chi connectivity index (χ2v) is 6.42. The van der Waals surface area contributed by atoms with Crippen LogP contribution in [0.3, 0.4) is 0 Å². The molecule has 1 aromatic carbocycles. The number of fused-ring (bicyclic) bond motifs is 1. The van der Waals surface area contributed by atoms with E-state index in [0.717, 1.165) is 43.7 Å². The largest absolute Gasteiger partial charge is 0.494 e. The van der Waals surface area contributed by atoms with Crippen LogP contribution in [0.2, 0.25) is 0 Å². The van der Waals surface area contributed by atoms with Gasteiger partial charge in [-0.1, -0.05) is 12.1 Å². The van der Waals surface area contributed by atoms with E-state index in [-0.39, 0.29) is 24.2 Å². The van der Waals surface area contributed by atoms with Gasteiger partial charge in [0.15, 0.2) is 0 Å². The molecule has 0 saturated carbocycles. The third-order valence-corrected chi connectivity index (χ3v) is 5.01. The highest BCUT2D eigenvalue weighted by Crippen LogP contribution is 2.30. The molecular weight excluding hydrogens is 306 g/mol. The summed E-state index contributed by atoms with van der Waals surface area (Å²) >= 11 is 0. The Morgan fingerprint density at radius 2 is 2.08 bits per heavy atom. The Morgan fingerprint density at radius 3 is 2.79 bits per heavy atom. The number of hydrogen-bond donors (Lipinski definition) is 0. The molecule has 3 atom stereocenters. The molecular formula is C19H27NO4. The number of hydrogen-bond acceptors (Lipinski definition) is 4. The Kier molecular flexibility index (Phi) is 5.74. The van der Waals surface area contributed by atoms with Crippen molar-refractivity contribution in [2.24, 2.45) is 0 Å². The van der Waals surface area contributed by atoms with Crippen molar-refractivity contribution in [3.8, 4) is 5.75 Å². The number of carbonyl (C=O) groups is 1. The molecule has 24 heavy (non-hydrogen) atoms. The first kappa shape index (κ1) is 17.2. The molecule has 5 nitrogen and oxygen atoms in total. The molecule has 2 aliphatic heterocycles. The van der Waals surface area contributed by atoms with E-state index >= 15 is 0 Å². The highest BCUT2D eigenvalue weighted by Gasteiger charge is 2.43. The lowest BCUT2D eigenvalue weighted by molar-refractivity contribution is -0.143. The van der Waals surface area contributed by atoms with Crippen LogP contribution in [0.25, 0.3) is 0 Å². The highest BCUT2D eigenvalue weighted by atomic mass is 16.5. The van der Waals surface area contributed by atoms with Crippen molar-refractivity contribution in [1.29, 1.82) is 0 Å². The molecule has 2 saturated heterocycles. The number of likely N-dealkylation sites (tertiary alicyclic amines) is 1. The van der Waals surface area contributed by atoms with E-state index in [9.17, 15) is 4.79 Å². The third kappa shape index (κ3) is 3.73. The van der Waals surface area contributed by atoms with Gasteiger partial charge < -0.3 is 19.1 Å². The quantitative estimate of drug-likeness (QED) is 0.802. The number of methoxy groups -OCH3 is 1. The van der Waals surface area contributed by atoms with Crippen LogP contribution < -0.4 is 4.74 Å². The van der Waals surface area contributed by atoms with Crippen LogP contribution in [-0.2, 0) is 20.7 Å². The van der Waals surface area contributed by atoms with Crippen LogP contribution in [0, 0.1) is 0 Å².